The minimum atomic E-state index is -0.0528. The number of anilines is 1. The first-order valence-electron chi connectivity index (χ1n) is 7.08. The first-order chi connectivity index (χ1) is 9.97. The van der Waals surface area contributed by atoms with Gasteiger partial charge in [0.25, 0.3) is 0 Å². The highest BCUT2D eigenvalue weighted by Crippen LogP contribution is 2.32. The molecular weight excluding hydrogens is 270 g/mol. The average Bonchev–Trinajstić information content (AvgIpc) is 2.31. The molecule has 2 heterocycles. The van der Waals surface area contributed by atoms with E-state index in [0.29, 0.717) is 18.9 Å². The molecule has 2 N–H and O–H groups in total. The second-order valence-electron chi connectivity index (χ2n) is 5.15. The van der Waals surface area contributed by atoms with Crippen molar-refractivity contribution in [2.75, 3.05) is 25.0 Å². The van der Waals surface area contributed by atoms with Crippen molar-refractivity contribution in [2.24, 2.45) is 0 Å². The van der Waals surface area contributed by atoms with Gasteiger partial charge < -0.3 is 15.5 Å². The van der Waals surface area contributed by atoms with Gasteiger partial charge in [-0.3, -0.25) is 9.59 Å². The summed E-state index contributed by atoms with van der Waals surface area (Å²) in [5.74, 6) is 1.41. The van der Waals surface area contributed by atoms with Crippen LogP contribution in [0.15, 0.2) is 6.07 Å². The standard InChI is InChI=1S/C14H21N5O2/c1-9-17-12(13-4-7-19(13)11(3)21)8-14(18-9)16-6-5-15-10(2)20/h8,13H,4-7H2,1-3H3,(H,15,20)(H,16,17,18). The van der Waals surface area contributed by atoms with Crippen LogP contribution in [-0.2, 0) is 9.59 Å². The molecule has 2 amide bonds. The van der Waals surface area contributed by atoms with E-state index in [2.05, 4.69) is 20.6 Å². The van der Waals surface area contributed by atoms with Crippen LogP contribution in [0.1, 0.15) is 37.8 Å². The Hall–Kier alpha value is -2.18. The number of carbonyl (C=O) groups excluding carboxylic acids is 2. The van der Waals surface area contributed by atoms with E-state index in [4.69, 9.17) is 0 Å². The molecule has 0 aliphatic carbocycles. The molecule has 0 bridgehead atoms. The Bertz CT molecular complexity index is 546. The number of amides is 2. The molecule has 0 radical (unpaired) electrons. The van der Waals surface area contributed by atoms with Crippen LogP contribution in [0.25, 0.3) is 0 Å². The lowest BCUT2D eigenvalue weighted by Gasteiger charge is -2.40. The molecule has 1 unspecified atom stereocenters. The van der Waals surface area contributed by atoms with Gasteiger partial charge in [-0.05, 0) is 13.3 Å². The van der Waals surface area contributed by atoms with E-state index < -0.39 is 0 Å². The predicted molar refractivity (Wildman–Crippen MR) is 78.7 cm³/mol. The van der Waals surface area contributed by atoms with Gasteiger partial charge in [0.1, 0.15) is 11.6 Å². The minimum absolute atomic E-state index is 0.0528. The fourth-order valence-corrected chi connectivity index (χ4v) is 2.35. The van der Waals surface area contributed by atoms with Gasteiger partial charge in [-0.25, -0.2) is 9.97 Å². The van der Waals surface area contributed by atoms with Gasteiger partial charge in [-0.1, -0.05) is 0 Å². The van der Waals surface area contributed by atoms with Crippen LogP contribution in [0, 0.1) is 6.92 Å². The fraction of sp³-hybridized carbons (Fsp3) is 0.571. The largest absolute Gasteiger partial charge is 0.368 e. The Labute approximate surface area is 124 Å². The normalized spacial score (nSPS) is 17.1. The van der Waals surface area contributed by atoms with Gasteiger partial charge in [-0.15, -0.1) is 0 Å². The molecule has 1 aliphatic heterocycles. The lowest BCUT2D eigenvalue weighted by Crippen LogP contribution is -2.44. The Kier molecular flexibility index (Phi) is 4.72. The van der Waals surface area contributed by atoms with Gasteiger partial charge in [0.2, 0.25) is 11.8 Å². The van der Waals surface area contributed by atoms with Crippen LogP contribution >= 0.6 is 0 Å². The second-order valence-corrected chi connectivity index (χ2v) is 5.15. The Balaban J connectivity index is 2.00. The number of hydrogen-bond donors (Lipinski definition) is 2. The van der Waals surface area contributed by atoms with Gasteiger partial charge in [0.15, 0.2) is 0 Å². The van der Waals surface area contributed by atoms with Crippen molar-refractivity contribution < 1.29 is 9.59 Å². The third-order valence-corrected chi connectivity index (χ3v) is 3.43. The van der Waals surface area contributed by atoms with Crippen LogP contribution in [0.2, 0.25) is 0 Å². The number of nitrogens with one attached hydrogen (secondary N) is 2. The highest BCUT2D eigenvalue weighted by Gasteiger charge is 2.32. The Morgan fingerprint density at radius 2 is 2.10 bits per heavy atom. The van der Waals surface area contributed by atoms with Crippen molar-refractivity contribution in [2.45, 2.75) is 33.2 Å². The Morgan fingerprint density at radius 1 is 1.33 bits per heavy atom. The van der Waals surface area contributed by atoms with Crippen molar-refractivity contribution >= 4 is 17.6 Å². The molecule has 1 atom stereocenters. The molecule has 7 heteroatoms. The van der Waals surface area contributed by atoms with E-state index in [1.165, 1.54) is 6.92 Å². The first-order valence-corrected chi connectivity index (χ1v) is 7.08. The molecule has 0 saturated carbocycles. The molecule has 21 heavy (non-hydrogen) atoms. The summed E-state index contributed by atoms with van der Waals surface area (Å²) >= 11 is 0. The summed E-state index contributed by atoms with van der Waals surface area (Å²) in [6.07, 6.45) is 0.932. The van der Waals surface area contributed by atoms with Crippen LogP contribution < -0.4 is 10.6 Å². The molecule has 0 aromatic carbocycles. The number of likely N-dealkylation sites (tertiary alicyclic amines) is 1. The van der Waals surface area contributed by atoms with Crippen molar-refractivity contribution in [1.82, 2.24) is 20.2 Å². The van der Waals surface area contributed by atoms with Crippen molar-refractivity contribution in [3.63, 3.8) is 0 Å². The lowest BCUT2D eigenvalue weighted by molar-refractivity contribution is -0.136. The van der Waals surface area contributed by atoms with E-state index in [0.717, 1.165) is 24.5 Å². The molecule has 1 aromatic rings. The first kappa shape index (κ1) is 15.2. The third kappa shape index (κ3) is 3.90. The number of aryl methyl sites for hydroxylation is 1. The van der Waals surface area contributed by atoms with Crippen molar-refractivity contribution in [3.05, 3.63) is 17.6 Å². The molecule has 1 fully saturated rings. The summed E-state index contributed by atoms with van der Waals surface area (Å²) in [7, 11) is 0. The summed E-state index contributed by atoms with van der Waals surface area (Å²) in [6, 6.07) is 1.93. The maximum atomic E-state index is 11.5. The monoisotopic (exact) mass is 291 g/mol. The SMILES string of the molecule is CC(=O)NCCNc1cc(C2CCN2C(C)=O)nc(C)n1. The molecule has 0 spiro atoms. The summed E-state index contributed by atoms with van der Waals surface area (Å²) in [5, 5.41) is 5.87. The predicted octanol–water partition coefficient (Wildman–Crippen LogP) is 0.626. The third-order valence-electron chi connectivity index (χ3n) is 3.43. The minimum Gasteiger partial charge on any atom is -0.368 e. The highest BCUT2D eigenvalue weighted by molar-refractivity contribution is 5.74. The van der Waals surface area contributed by atoms with E-state index in [1.807, 2.05) is 17.9 Å². The van der Waals surface area contributed by atoms with Crippen LogP contribution in [0.5, 0.6) is 0 Å². The zero-order chi connectivity index (χ0) is 15.4. The zero-order valence-corrected chi connectivity index (χ0v) is 12.6. The summed E-state index contributed by atoms with van der Waals surface area (Å²) in [5.41, 5.74) is 0.867. The molecule has 1 aliphatic rings. The highest BCUT2D eigenvalue weighted by atomic mass is 16.2. The van der Waals surface area contributed by atoms with E-state index in [9.17, 15) is 9.59 Å². The number of carbonyl (C=O) groups is 2. The topological polar surface area (TPSA) is 87.2 Å². The quantitative estimate of drug-likeness (QED) is 0.777. The lowest BCUT2D eigenvalue weighted by atomic mass is 9.99. The molecular formula is C14H21N5O2. The number of rotatable bonds is 5. The molecule has 114 valence electrons. The number of nitrogens with zero attached hydrogens (tertiary/aromatic N) is 3. The van der Waals surface area contributed by atoms with Crippen LogP contribution in [0.3, 0.4) is 0 Å². The van der Waals surface area contributed by atoms with Gasteiger partial charge in [0, 0.05) is 39.5 Å². The van der Waals surface area contributed by atoms with Crippen LogP contribution in [0.4, 0.5) is 5.82 Å². The second kappa shape index (κ2) is 6.51. The number of aromatic nitrogens is 2. The molecule has 1 aromatic heterocycles. The van der Waals surface area contributed by atoms with Crippen molar-refractivity contribution in [1.29, 1.82) is 0 Å². The summed E-state index contributed by atoms with van der Waals surface area (Å²) in [4.78, 5) is 32.8. The maximum Gasteiger partial charge on any atom is 0.220 e. The van der Waals surface area contributed by atoms with E-state index in [-0.39, 0.29) is 17.9 Å². The molecule has 1 saturated heterocycles. The molecule has 7 nitrogen and oxygen atoms in total. The summed E-state index contributed by atoms with van der Waals surface area (Å²) < 4.78 is 0. The van der Waals surface area contributed by atoms with Gasteiger partial charge in [-0.2, -0.15) is 0 Å². The van der Waals surface area contributed by atoms with Gasteiger partial charge >= 0.3 is 0 Å². The molecule has 2 rings (SSSR count). The maximum absolute atomic E-state index is 11.5. The Morgan fingerprint density at radius 3 is 2.67 bits per heavy atom. The van der Waals surface area contributed by atoms with E-state index in [1.54, 1.807) is 6.92 Å². The van der Waals surface area contributed by atoms with Crippen LogP contribution in [-0.4, -0.2) is 46.3 Å². The van der Waals surface area contributed by atoms with Gasteiger partial charge in [0.05, 0.1) is 11.7 Å². The smallest absolute Gasteiger partial charge is 0.220 e. The zero-order valence-electron chi connectivity index (χ0n) is 12.6. The fourth-order valence-electron chi connectivity index (χ4n) is 2.35. The number of hydrogen-bond acceptors (Lipinski definition) is 5. The average molecular weight is 291 g/mol. The van der Waals surface area contributed by atoms with Crippen molar-refractivity contribution in [3.8, 4) is 0 Å². The van der Waals surface area contributed by atoms with E-state index >= 15 is 0 Å². The summed E-state index contributed by atoms with van der Waals surface area (Å²) in [6.45, 7) is 6.81.